The fourth-order valence-corrected chi connectivity index (χ4v) is 2.58. The number of alkyl halides is 3. The third kappa shape index (κ3) is 3.75. The zero-order valence-corrected chi connectivity index (χ0v) is 11.7. The summed E-state index contributed by atoms with van der Waals surface area (Å²) < 4.78 is 56.0. The van der Waals surface area contributed by atoms with E-state index in [-0.39, 0.29) is 25.1 Å². The van der Waals surface area contributed by atoms with Crippen molar-refractivity contribution < 1.29 is 32.2 Å². The number of ether oxygens (including phenoxy) is 1. The molecule has 0 radical (unpaired) electrons. The number of carbonyl (C=O) groups excluding carboxylic acids is 1. The number of rotatable bonds is 3. The van der Waals surface area contributed by atoms with Gasteiger partial charge in [0.1, 0.15) is 11.9 Å². The summed E-state index contributed by atoms with van der Waals surface area (Å²) in [7, 11) is 1.19. The number of benzene rings is 1. The Balaban J connectivity index is 2.22. The molecule has 2 atom stereocenters. The zero-order chi connectivity index (χ0) is 16.5. The lowest BCUT2D eigenvalue weighted by atomic mass is 10.1. The van der Waals surface area contributed by atoms with E-state index in [0.29, 0.717) is 6.07 Å². The molecule has 1 N–H and O–H groups in total. The number of carbonyl (C=O) groups is 1. The van der Waals surface area contributed by atoms with Gasteiger partial charge in [-0.25, -0.2) is 4.39 Å². The Morgan fingerprint density at radius 3 is 2.68 bits per heavy atom. The van der Waals surface area contributed by atoms with Crippen molar-refractivity contribution in [1.82, 2.24) is 4.90 Å². The van der Waals surface area contributed by atoms with Gasteiger partial charge in [-0.15, -0.1) is 0 Å². The first kappa shape index (κ1) is 16.7. The van der Waals surface area contributed by atoms with Crippen LogP contribution in [0, 0.1) is 5.82 Å². The molecule has 1 heterocycles. The average molecular weight is 321 g/mol. The van der Waals surface area contributed by atoms with E-state index in [9.17, 15) is 27.5 Å². The predicted molar refractivity (Wildman–Crippen MR) is 68.2 cm³/mol. The van der Waals surface area contributed by atoms with Gasteiger partial charge < -0.3 is 9.84 Å². The molecule has 122 valence electrons. The van der Waals surface area contributed by atoms with E-state index < -0.39 is 35.7 Å². The van der Waals surface area contributed by atoms with Gasteiger partial charge in [0, 0.05) is 19.5 Å². The quantitative estimate of drug-likeness (QED) is 0.683. The second-order valence-corrected chi connectivity index (χ2v) is 5.20. The molecule has 0 aliphatic carbocycles. The van der Waals surface area contributed by atoms with Crippen molar-refractivity contribution in [2.75, 3.05) is 13.7 Å². The van der Waals surface area contributed by atoms with Crippen molar-refractivity contribution in [1.29, 1.82) is 0 Å². The van der Waals surface area contributed by atoms with Crippen LogP contribution in [0.5, 0.6) is 0 Å². The highest BCUT2D eigenvalue weighted by atomic mass is 19.4. The van der Waals surface area contributed by atoms with Crippen LogP contribution in [0.15, 0.2) is 18.2 Å². The number of likely N-dealkylation sites (tertiary alicyclic amines) is 1. The molecule has 22 heavy (non-hydrogen) atoms. The molecule has 0 unspecified atom stereocenters. The van der Waals surface area contributed by atoms with E-state index in [2.05, 4.69) is 4.74 Å². The first-order chi connectivity index (χ1) is 10.2. The van der Waals surface area contributed by atoms with Crippen molar-refractivity contribution in [3.63, 3.8) is 0 Å². The Kier molecular flexibility index (Phi) is 4.72. The number of halogens is 4. The van der Waals surface area contributed by atoms with Gasteiger partial charge in [0.15, 0.2) is 0 Å². The minimum Gasteiger partial charge on any atom is -0.468 e. The number of esters is 1. The summed E-state index contributed by atoms with van der Waals surface area (Å²) in [6.07, 6.45) is -5.29. The molecule has 0 bridgehead atoms. The number of aliphatic hydroxyl groups is 1. The molecule has 1 aliphatic heterocycles. The molecule has 0 aromatic heterocycles. The molecular formula is C14H15F4NO3. The smallest absolute Gasteiger partial charge is 0.416 e. The highest BCUT2D eigenvalue weighted by Gasteiger charge is 2.37. The molecular weight excluding hydrogens is 306 g/mol. The molecule has 8 heteroatoms. The minimum atomic E-state index is -4.65. The van der Waals surface area contributed by atoms with Crippen molar-refractivity contribution in [2.45, 2.75) is 31.3 Å². The van der Waals surface area contributed by atoms with Gasteiger partial charge in [-0.1, -0.05) is 0 Å². The maximum Gasteiger partial charge on any atom is 0.416 e. The largest absolute Gasteiger partial charge is 0.468 e. The lowest BCUT2D eigenvalue weighted by Crippen LogP contribution is -2.36. The fourth-order valence-electron chi connectivity index (χ4n) is 2.58. The molecule has 1 aromatic rings. The van der Waals surface area contributed by atoms with Crippen LogP contribution in [0.4, 0.5) is 17.6 Å². The van der Waals surface area contributed by atoms with Crippen LogP contribution < -0.4 is 0 Å². The Morgan fingerprint density at radius 2 is 2.09 bits per heavy atom. The number of nitrogens with zero attached hydrogens (tertiary/aromatic N) is 1. The summed E-state index contributed by atoms with van der Waals surface area (Å²) in [5, 5.41) is 9.63. The summed E-state index contributed by atoms with van der Waals surface area (Å²) in [4.78, 5) is 13.1. The van der Waals surface area contributed by atoms with Crippen LogP contribution in [-0.4, -0.2) is 41.8 Å². The van der Waals surface area contributed by atoms with Crippen LogP contribution in [0.1, 0.15) is 17.5 Å². The summed E-state index contributed by atoms with van der Waals surface area (Å²) in [5.74, 6) is -1.58. The Bertz CT molecular complexity index is 562. The van der Waals surface area contributed by atoms with E-state index >= 15 is 0 Å². The first-order valence-corrected chi connectivity index (χ1v) is 6.57. The van der Waals surface area contributed by atoms with Crippen LogP contribution in [0.2, 0.25) is 0 Å². The normalized spacial score (nSPS) is 22.8. The lowest BCUT2D eigenvalue weighted by Gasteiger charge is -2.22. The maximum atomic E-state index is 13.4. The van der Waals surface area contributed by atoms with Gasteiger partial charge in [0.25, 0.3) is 0 Å². The van der Waals surface area contributed by atoms with E-state index in [0.717, 1.165) is 12.1 Å². The van der Waals surface area contributed by atoms with E-state index in [1.54, 1.807) is 0 Å². The Labute approximate surface area is 124 Å². The number of hydrogen-bond donors (Lipinski definition) is 1. The molecule has 1 aliphatic rings. The van der Waals surface area contributed by atoms with Crippen molar-refractivity contribution in [3.8, 4) is 0 Å². The SMILES string of the molecule is COC(=O)[C@@H]1C[C@H](O)CN1Cc1cc(F)cc(C(F)(F)F)c1. The topological polar surface area (TPSA) is 49.8 Å². The molecule has 0 amide bonds. The molecule has 1 saturated heterocycles. The second-order valence-electron chi connectivity index (χ2n) is 5.20. The number of methoxy groups -OCH3 is 1. The maximum absolute atomic E-state index is 13.4. The monoisotopic (exact) mass is 321 g/mol. The Hall–Kier alpha value is -1.67. The van der Waals surface area contributed by atoms with E-state index in [1.165, 1.54) is 12.0 Å². The van der Waals surface area contributed by atoms with Crippen molar-refractivity contribution in [3.05, 3.63) is 35.1 Å². The van der Waals surface area contributed by atoms with Crippen molar-refractivity contribution >= 4 is 5.97 Å². The standard InChI is InChI=1S/C14H15F4NO3/c1-22-13(21)12-5-11(20)7-19(12)6-8-2-9(14(16,17)18)4-10(15)3-8/h2-4,11-12,20H,5-7H2,1H3/t11-,12-/m0/s1. The van der Waals surface area contributed by atoms with Gasteiger partial charge in [0.2, 0.25) is 0 Å². The molecule has 0 spiro atoms. The third-order valence-electron chi connectivity index (χ3n) is 3.53. The minimum absolute atomic E-state index is 0.0790. The summed E-state index contributed by atoms with van der Waals surface area (Å²) in [6.45, 7) is 0.0231. The van der Waals surface area contributed by atoms with Gasteiger partial charge in [0.05, 0.1) is 18.8 Å². The van der Waals surface area contributed by atoms with Gasteiger partial charge in [-0.05, 0) is 23.8 Å². The van der Waals surface area contributed by atoms with Gasteiger partial charge in [-0.2, -0.15) is 13.2 Å². The highest BCUT2D eigenvalue weighted by molar-refractivity contribution is 5.76. The van der Waals surface area contributed by atoms with Crippen LogP contribution in [0.25, 0.3) is 0 Å². The first-order valence-electron chi connectivity index (χ1n) is 6.57. The Morgan fingerprint density at radius 1 is 1.41 bits per heavy atom. The van der Waals surface area contributed by atoms with Crippen LogP contribution in [0.3, 0.4) is 0 Å². The number of hydrogen-bond acceptors (Lipinski definition) is 4. The van der Waals surface area contributed by atoms with Gasteiger partial charge >= 0.3 is 12.1 Å². The van der Waals surface area contributed by atoms with Crippen molar-refractivity contribution in [2.24, 2.45) is 0 Å². The molecule has 4 nitrogen and oxygen atoms in total. The van der Waals surface area contributed by atoms with E-state index in [1.807, 2.05) is 0 Å². The molecule has 2 rings (SSSR count). The predicted octanol–water partition coefficient (Wildman–Crippen LogP) is 1.95. The molecule has 1 fully saturated rings. The fraction of sp³-hybridized carbons (Fsp3) is 0.500. The third-order valence-corrected chi connectivity index (χ3v) is 3.53. The van der Waals surface area contributed by atoms with Gasteiger partial charge in [-0.3, -0.25) is 9.69 Å². The number of β-amino-alcohol motifs (C(OH)–C–C–N with tert-alkyl or cyclic N) is 1. The van der Waals surface area contributed by atoms with Crippen LogP contribution >= 0.6 is 0 Å². The van der Waals surface area contributed by atoms with Crippen LogP contribution in [-0.2, 0) is 22.3 Å². The summed E-state index contributed by atoms with van der Waals surface area (Å²) in [5.41, 5.74) is -1.01. The molecule has 0 saturated carbocycles. The molecule has 1 aromatic carbocycles. The average Bonchev–Trinajstić information content (AvgIpc) is 2.77. The summed E-state index contributed by atoms with van der Waals surface area (Å²) in [6, 6.07) is 1.48. The number of aliphatic hydroxyl groups excluding tert-OH is 1. The highest BCUT2D eigenvalue weighted by Crippen LogP contribution is 2.31. The second kappa shape index (κ2) is 6.21. The lowest BCUT2D eigenvalue weighted by molar-refractivity contribution is -0.146. The summed E-state index contributed by atoms with van der Waals surface area (Å²) >= 11 is 0. The van der Waals surface area contributed by atoms with E-state index in [4.69, 9.17) is 0 Å². The zero-order valence-electron chi connectivity index (χ0n) is 11.7.